The van der Waals surface area contributed by atoms with Crippen LogP contribution in [0, 0.1) is 10.1 Å². The van der Waals surface area contributed by atoms with Crippen LogP contribution in [0.25, 0.3) is 32.5 Å². The van der Waals surface area contributed by atoms with Gasteiger partial charge < -0.3 is 21.4 Å². The first-order valence-corrected chi connectivity index (χ1v) is 25.3. The summed E-state index contributed by atoms with van der Waals surface area (Å²) < 4.78 is 86.4. The van der Waals surface area contributed by atoms with Crippen molar-refractivity contribution >= 4 is 109 Å². The van der Waals surface area contributed by atoms with E-state index >= 15 is 0 Å². The number of nitrogens with two attached hydrogens (primary N) is 1. The molecule has 6 aromatic rings. The van der Waals surface area contributed by atoms with Crippen LogP contribution in [0.1, 0.15) is 25.2 Å². The van der Waals surface area contributed by atoms with Gasteiger partial charge in [-0.1, -0.05) is 12.1 Å². The number of non-ortho nitro benzene ring substituents is 1. The van der Waals surface area contributed by atoms with Crippen LogP contribution in [0.2, 0.25) is 0 Å². The molecule has 0 aliphatic rings. The summed E-state index contributed by atoms with van der Waals surface area (Å²) in [5, 5.41) is 18.2. The number of thiophene rings is 2. The summed E-state index contributed by atoms with van der Waals surface area (Å²) in [6, 6.07) is 20.7. The number of anilines is 1. The molecule has 12 nitrogen and oxygen atoms in total. The Morgan fingerprint density at radius 1 is 0.825 bits per heavy atom. The van der Waals surface area contributed by atoms with Gasteiger partial charge in [-0.25, -0.2) is 9.36 Å². The number of esters is 1. The summed E-state index contributed by atoms with van der Waals surface area (Å²) in [4.78, 5) is 21.3. The molecule has 6 N–H and O–H groups in total. The van der Waals surface area contributed by atoms with Gasteiger partial charge in [0.15, 0.2) is 11.4 Å². The first-order chi connectivity index (χ1) is 25.8. The molecule has 0 unspecified atom stereocenters. The fourth-order valence-corrected chi connectivity index (χ4v) is 7.06. The van der Waals surface area contributed by atoms with Crippen molar-refractivity contribution in [1.29, 1.82) is 0 Å². The quantitative estimate of drug-likeness (QED) is 0.0428. The number of nitro benzene ring substituents is 1. The van der Waals surface area contributed by atoms with E-state index in [-0.39, 0.29) is 34.0 Å². The van der Waals surface area contributed by atoms with Gasteiger partial charge in [0.25, 0.3) is 5.69 Å². The third kappa shape index (κ3) is 15.5. The van der Waals surface area contributed by atoms with Gasteiger partial charge in [-0.2, -0.15) is 36.5 Å². The molecule has 0 saturated heterocycles. The zero-order chi connectivity index (χ0) is 41.1. The minimum atomic E-state index is -4.62. The first-order valence-electron chi connectivity index (χ1n) is 14.8. The standard InChI is InChI=1S/C14H7BrF3N3O2S.C14H9BrF3N3S.C4H8O2.2ClH.2H2O.Sn/c15-13-5-4-11(24-13)10-7-12(14(16,17)18)19-20(10)8-2-1-3-9(6-8)21(22)23;15-13-5-4-11(22-13)10-7-12(14(16,17)18)20-21(10)9-3-1-2-8(19)6-9;1-3-6-4(2)5;;;;;/h1-7H;1-7H,19H2;3H2,1-2H3;2*1H;2*1H2;/q;;;;;;;+2/p-2. The Hall–Kier alpha value is -3.23. The van der Waals surface area contributed by atoms with E-state index in [4.69, 9.17) is 23.6 Å². The molecule has 0 amide bonds. The number of hydrogen-bond donors (Lipinski definition) is 1. The molecular weight excluding hydrogens is 1090 g/mol. The van der Waals surface area contributed by atoms with Crippen LogP contribution in [0.4, 0.5) is 37.7 Å². The van der Waals surface area contributed by atoms with E-state index in [1.807, 2.05) is 0 Å². The number of hydrogen-bond acceptors (Lipinski definition) is 9. The van der Waals surface area contributed by atoms with E-state index < -0.39 is 47.6 Å². The van der Waals surface area contributed by atoms with Gasteiger partial charge in [-0.15, -0.1) is 22.7 Å². The Morgan fingerprint density at radius 3 is 1.56 bits per heavy atom. The molecular formula is C32H28Br2Cl2F6N6O6S2Sn. The van der Waals surface area contributed by atoms with Crippen LogP contribution >= 0.6 is 72.4 Å². The predicted molar refractivity (Wildman–Crippen MR) is 217 cm³/mol. The molecule has 2 radical (unpaired) electrons. The van der Waals surface area contributed by atoms with E-state index in [1.165, 1.54) is 58.5 Å². The zero-order valence-corrected chi connectivity index (χ0v) is 38.0. The third-order valence-corrected chi connectivity index (χ3v) is 9.69. The van der Waals surface area contributed by atoms with Gasteiger partial charge in [0, 0.05) is 24.7 Å². The fourth-order valence-electron chi connectivity index (χ4n) is 4.29. The van der Waals surface area contributed by atoms with Crippen molar-refractivity contribution in [3.8, 4) is 32.5 Å². The summed E-state index contributed by atoms with van der Waals surface area (Å²) >= 11 is 8.33. The van der Waals surface area contributed by atoms with Gasteiger partial charge in [0.2, 0.25) is 0 Å². The molecule has 2 aromatic carbocycles. The molecule has 6 rings (SSSR count). The maximum atomic E-state index is 13.0. The van der Waals surface area contributed by atoms with Crippen LogP contribution in [0.15, 0.2) is 92.5 Å². The van der Waals surface area contributed by atoms with Gasteiger partial charge in [-0.05, 0) is 99.4 Å². The fraction of sp³-hybridized carbons (Fsp3) is 0.156. The Bertz CT molecular complexity index is 2220. The van der Waals surface area contributed by atoms with E-state index in [9.17, 15) is 41.3 Å². The Kier molecular flexibility index (Phi) is 21.2. The number of aromatic nitrogens is 4. The van der Waals surface area contributed by atoms with E-state index in [2.05, 4.69) is 46.8 Å². The van der Waals surface area contributed by atoms with E-state index in [1.54, 1.807) is 55.5 Å². The van der Waals surface area contributed by atoms with Crippen molar-refractivity contribution in [3.05, 3.63) is 114 Å². The van der Waals surface area contributed by atoms with Crippen LogP contribution in [-0.2, 0) is 21.9 Å². The topological polar surface area (TPSA) is 194 Å². The Morgan fingerprint density at radius 2 is 1.25 bits per heavy atom. The number of benzene rings is 2. The number of alkyl halides is 6. The average Bonchev–Trinajstić information content (AvgIpc) is 3.91. The van der Waals surface area contributed by atoms with Crippen LogP contribution < -0.4 is 5.73 Å². The molecule has 4 aromatic heterocycles. The molecule has 308 valence electrons. The molecule has 0 bridgehead atoms. The molecule has 25 heteroatoms. The number of nitro groups is 1. The molecule has 0 aliphatic heterocycles. The SMILES string of the molecule is CCOC(C)=O.Nc1cccc(-n2nc(C(F)(F)F)cc2-c2ccc(Br)s2)c1.O.O.O=[N+]([O-])c1cccc(-n2nc(C(F)(F)F)cc2-c2ccc(Br)s2)c1.[Cl][Sn][Cl]. The number of ether oxygens (including phenoxy) is 1. The van der Waals surface area contributed by atoms with Crippen LogP contribution in [0.3, 0.4) is 0 Å². The maximum absolute atomic E-state index is 13.0. The van der Waals surface area contributed by atoms with Crippen molar-refractivity contribution in [2.45, 2.75) is 26.2 Å². The molecule has 57 heavy (non-hydrogen) atoms. The first kappa shape index (κ1) is 51.8. The Balaban J connectivity index is 0.000000458. The van der Waals surface area contributed by atoms with Gasteiger partial charge in [-0.3, -0.25) is 14.9 Å². The van der Waals surface area contributed by atoms with Gasteiger partial charge in [0.1, 0.15) is 0 Å². The normalized spacial score (nSPS) is 10.6. The minimum absolute atomic E-state index is 0. The molecule has 4 heterocycles. The summed E-state index contributed by atoms with van der Waals surface area (Å²) in [5.41, 5.74) is 5.18. The van der Waals surface area contributed by atoms with E-state index in [0.29, 0.717) is 33.4 Å². The van der Waals surface area contributed by atoms with Crippen molar-refractivity contribution in [2.75, 3.05) is 12.3 Å². The number of nitrogens with zero attached hydrogens (tertiary/aromatic N) is 5. The molecule has 0 aliphatic carbocycles. The number of nitrogen functional groups attached to an aromatic ring is 1. The monoisotopic (exact) mass is 1120 g/mol. The van der Waals surface area contributed by atoms with Crippen LogP contribution in [0.5, 0.6) is 0 Å². The Labute approximate surface area is 362 Å². The number of rotatable bonds is 6. The van der Waals surface area contributed by atoms with E-state index in [0.717, 1.165) is 24.4 Å². The van der Waals surface area contributed by atoms with Crippen molar-refractivity contribution < 1.29 is 51.7 Å². The summed E-state index contributed by atoms with van der Waals surface area (Å²) in [6.45, 7) is 3.65. The van der Waals surface area contributed by atoms with Crippen molar-refractivity contribution in [1.82, 2.24) is 19.6 Å². The second-order valence-corrected chi connectivity index (χ2v) is 19.4. The summed E-state index contributed by atoms with van der Waals surface area (Å²) in [6.07, 6.45) is -9.12. The van der Waals surface area contributed by atoms with Crippen molar-refractivity contribution in [2.24, 2.45) is 0 Å². The average molecular weight is 1120 g/mol. The summed E-state index contributed by atoms with van der Waals surface area (Å²) in [7, 11) is 9.87. The van der Waals surface area contributed by atoms with Gasteiger partial charge in [0.05, 0.1) is 51.6 Å². The molecule has 0 spiro atoms. The molecule has 0 fully saturated rings. The second kappa shape index (κ2) is 23.4. The summed E-state index contributed by atoms with van der Waals surface area (Å²) in [5.74, 6) is -0.211. The third-order valence-electron chi connectivity index (χ3n) is 6.40. The zero-order valence-electron chi connectivity index (χ0n) is 28.8. The van der Waals surface area contributed by atoms with Crippen molar-refractivity contribution in [3.63, 3.8) is 0 Å². The van der Waals surface area contributed by atoms with Gasteiger partial charge >= 0.3 is 55.1 Å². The van der Waals surface area contributed by atoms with Crippen LogP contribution in [-0.4, -0.2) is 66.9 Å². The molecule has 0 atom stereocenters. The number of carbonyl (C=O) groups is 1. The number of carbonyl (C=O) groups excluding carboxylic acids is 1. The second-order valence-electron chi connectivity index (χ2n) is 10.2. The molecule has 0 saturated carbocycles. The number of halogens is 10. The predicted octanol–water partition coefficient (Wildman–Crippen LogP) is 10.2.